The summed E-state index contributed by atoms with van der Waals surface area (Å²) in [4.78, 5) is 11.8. The molecule has 126 valence electrons. The van der Waals surface area contributed by atoms with Crippen LogP contribution < -0.4 is 24.8 Å². The largest absolute Gasteiger partial charge is 0.492 e. The summed E-state index contributed by atoms with van der Waals surface area (Å²) in [6.45, 7) is 1.16. The highest BCUT2D eigenvalue weighted by Gasteiger charge is 2.13. The van der Waals surface area contributed by atoms with Gasteiger partial charge in [-0.1, -0.05) is 23.7 Å². The number of fused-ring (bicyclic) bond motifs is 1. The maximum absolute atomic E-state index is 11.8. The number of amides is 2. The second-order valence-corrected chi connectivity index (χ2v) is 5.49. The van der Waals surface area contributed by atoms with Gasteiger partial charge in [0, 0.05) is 18.3 Å². The van der Waals surface area contributed by atoms with Crippen LogP contribution in [0.2, 0.25) is 5.02 Å². The molecule has 24 heavy (non-hydrogen) atoms. The lowest BCUT2D eigenvalue weighted by molar-refractivity contribution is 0.174. The molecule has 2 N–H and O–H groups in total. The quantitative estimate of drug-likeness (QED) is 0.782. The van der Waals surface area contributed by atoms with E-state index in [-0.39, 0.29) is 12.8 Å². The Balaban J connectivity index is 1.36. The molecule has 1 aliphatic rings. The number of hydrogen-bond donors (Lipinski definition) is 2. The van der Waals surface area contributed by atoms with Crippen molar-refractivity contribution in [1.82, 2.24) is 5.32 Å². The van der Waals surface area contributed by atoms with Crippen molar-refractivity contribution in [2.75, 3.05) is 25.3 Å². The van der Waals surface area contributed by atoms with Gasteiger partial charge in [-0.05, 0) is 30.7 Å². The first-order chi connectivity index (χ1) is 11.7. The monoisotopic (exact) mass is 348 g/mol. The lowest BCUT2D eigenvalue weighted by atomic mass is 10.3. The Labute approximate surface area is 144 Å². The van der Waals surface area contributed by atoms with Crippen molar-refractivity contribution in [3.05, 3.63) is 47.5 Å². The number of hydrogen-bond acceptors (Lipinski definition) is 4. The Bertz CT molecular complexity index is 723. The fraction of sp³-hybridized carbons (Fsp3) is 0.235. The fourth-order valence-electron chi connectivity index (χ4n) is 2.17. The van der Waals surface area contributed by atoms with Gasteiger partial charge < -0.3 is 24.8 Å². The van der Waals surface area contributed by atoms with Crippen molar-refractivity contribution in [3.63, 3.8) is 0 Å². The highest BCUT2D eigenvalue weighted by molar-refractivity contribution is 6.32. The van der Waals surface area contributed by atoms with Crippen LogP contribution in [0.25, 0.3) is 0 Å². The van der Waals surface area contributed by atoms with Crippen molar-refractivity contribution in [2.24, 2.45) is 0 Å². The topological polar surface area (TPSA) is 68.8 Å². The second-order valence-electron chi connectivity index (χ2n) is 5.08. The Morgan fingerprint density at radius 3 is 2.88 bits per heavy atom. The zero-order chi connectivity index (χ0) is 16.8. The van der Waals surface area contributed by atoms with E-state index >= 15 is 0 Å². The van der Waals surface area contributed by atoms with Crippen LogP contribution in [0.5, 0.6) is 17.2 Å². The Hall–Kier alpha value is -2.60. The lowest BCUT2D eigenvalue weighted by Gasteiger charge is -2.10. The van der Waals surface area contributed by atoms with Crippen LogP contribution in [-0.2, 0) is 0 Å². The van der Waals surface area contributed by atoms with Crippen molar-refractivity contribution in [2.45, 2.75) is 6.42 Å². The molecule has 0 fully saturated rings. The third-order valence-corrected chi connectivity index (χ3v) is 3.64. The SMILES string of the molecule is O=C(NCCCOc1ccccc1Cl)Nc1ccc2c(c1)OCO2. The number of urea groups is 1. The Morgan fingerprint density at radius 1 is 1.17 bits per heavy atom. The number of carbonyl (C=O) groups is 1. The summed E-state index contributed by atoms with van der Waals surface area (Å²) in [5.41, 5.74) is 0.643. The van der Waals surface area contributed by atoms with Gasteiger partial charge in [-0.25, -0.2) is 4.79 Å². The molecule has 0 atom stereocenters. The van der Waals surface area contributed by atoms with E-state index < -0.39 is 0 Å². The maximum atomic E-state index is 11.8. The molecule has 2 aromatic carbocycles. The minimum Gasteiger partial charge on any atom is -0.492 e. The van der Waals surface area contributed by atoms with Crippen LogP contribution in [0, 0.1) is 0 Å². The van der Waals surface area contributed by atoms with Gasteiger partial charge in [0.1, 0.15) is 5.75 Å². The van der Waals surface area contributed by atoms with Crippen LogP contribution in [-0.4, -0.2) is 26.0 Å². The van der Waals surface area contributed by atoms with E-state index in [9.17, 15) is 4.79 Å². The molecule has 0 spiro atoms. The standard InChI is InChI=1S/C17H17ClN2O4/c18-13-4-1-2-5-14(13)22-9-3-8-19-17(21)20-12-6-7-15-16(10-12)24-11-23-15/h1-2,4-7,10H,3,8-9,11H2,(H2,19,20,21). The Kier molecular flexibility index (Phi) is 5.28. The maximum Gasteiger partial charge on any atom is 0.319 e. The van der Waals surface area contributed by atoms with Gasteiger partial charge in [0.15, 0.2) is 11.5 Å². The second kappa shape index (κ2) is 7.79. The average Bonchev–Trinajstić information content (AvgIpc) is 3.04. The molecule has 0 bridgehead atoms. The van der Waals surface area contributed by atoms with E-state index in [1.165, 1.54) is 0 Å². The van der Waals surface area contributed by atoms with Crippen molar-refractivity contribution < 1.29 is 19.0 Å². The van der Waals surface area contributed by atoms with E-state index in [2.05, 4.69) is 10.6 Å². The molecule has 0 aromatic heterocycles. The minimum absolute atomic E-state index is 0.205. The van der Waals surface area contributed by atoms with E-state index in [1.54, 1.807) is 24.3 Å². The molecule has 0 aliphatic carbocycles. The summed E-state index contributed by atoms with van der Waals surface area (Å²) in [6.07, 6.45) is 0.666. The molecule has 2 aromatic rings. The normalized spacial score (nSPS) is 11.9. The number of anilines is 1. The molecule has 0 saturated heterocycles. The zero-order valence-electron chi connectivity index (χ0n) is 12.9. The van der Waals surface area contributed by atoms with Gasteiger partial charge in [-0.2, -0.15) is 0 Å². The molecular weight excluding hydrogens is 332 g/mol. The number of halogens is 1. The number of rotatable bonds is 6. The lowest BCUT2D eigenvalue weighted by Crippen LogP contribution is -2.30. The molecular formula is C17H17ClN2O4. The molecule has 7 heteroatoms. The molecule has 0 saturated carbocycles. The van der Waals surface area contributed by atoms with Crippen LogP contribution in [0.3, 0.4) is 0 Å². The summed E-state index contributed by atoms with van der Waals surface area (Å²) in [5, 5.41) is 6.08. The predicted octanol–water partition coefficient (Wildman–Crippen LogP) is 3.66. The molecule has 1 aliphatic heterocycles. The highest BCUT2D eigenvalue weighted by Crippen LogP contribution is 2.34. The van der Waals surface area contributed by atoms with E-state index in [0.29, 0.717) is 47.5 Å². The van der Waals surface area contributed by atoms with Gasteiger partial charge in [0.2, 0.25) is 6.79 Å². The highest BCUT2D eigenvalue weighted by atomic mass is 35.5. The first-order valence-corrected chi connectivity index (χ1v) is 7.92. The Morgan fingerprint density at radius 2 is 2.00 bits per heavy atom. The van der Waals surface area contributed by atoms with E-state index in [0.717, 1.165) is 0 Å². The molecule has 2 amide bonds. The molecule has 0 radical (unpaired) electrons. The van der Waals surface area contributed by atoms with Crippen LogP contribution in [0.4, 0.5) is 10.5 Å². The van der Waals surface area contributed by atoms with Gasteiger partial charge in [-0.15, -0.1) is 0 Å². The summed E-state index contributed by atoms with van der Waals surface area (Å²) in [6, 6.07) is 12.2. The van der Waals surface area contributed by atoms with Crippen molar-refractivity contribution in [1.29, 1.82) is 0 Å². The van der Waals surface area contributed by atoms with Crippen molar-refractivity contribution in [3.8, 4) is 17.2 Å². The molecule has 0 unspecified atom stereocenters. The van der Waals surface area contributed by atoms with Crippen LogP contribution in [0.1, 0.15) is 6.42 Å². The van der Waals surface area contributed by atoms with Crippen molar-refractivity contribution >= 4 is 23.3 Å². The molecule has 1 heterocycles. The minimum atomic E-state index is -0.286. The third-order valence-electron chi connectivity index (χ3n) is 3.33. The smallest absolute Gasteiger partial charge is 0.319 e. The summed E-state index contributed by atoms with van der Waals surface area (Å²) in [5.74, 6) is 1.95. The zero-order valence-corrected chi connectivity index (χ0v) is 13.6. The van der Waals surface area contributed by atoms with E-state index in [1.807, 2.05) is 18.2 Å². The number of ether oxygens (including phenoxy) is 3. The number of nitrogens with one attached hydrogen (secondary N) is 2. The van der Waals surface area contributed by atoms with E-state index in [4.69, 9.17) is 25.8 Å². The summed E-state index contributed by atoms with van der Waals surface area (Å²) in [7, 11) is 0. The first-order valence-electron chi connectivity index (χ1n) is 7.54. The third kappa shape index (κ3) is 4.23. The fourth-order valence-corrected chi connectivity index (χ4v) is 2.36. The predicted molar refractivity (Wildman–Crippen MR) is 91.2 cm³/mol. The summed E-state index contributed by atoms with van der Waals surface area (Å²) >= 11 is 5.99. The van der Waals surface area contributed by atoms with Gasteiger partial charge >= 0.3 is 6.03 Å². The summed E-state index contributed by atoms with van der Waals surface area (Å²) < 4.78 is 16.0. The van der Waals surface area contributed by atoms with Crippen LogP contribution in [0.15, 0.2) is 42.5 Å². The first kappa shape index (κ1) is 16.3. The van der Waals surface area contributed by atoms with Gasteiger partial charge in [-0.3, -0.25) is 0 Å². The number of carbonyl (C=O) groups excluding carboxylic acids is 1. The number of para-hydroxylation sites is 1. The number of benzene rings is 2. The average molecular weight is 349 g/mol. The van der Waals surface area contributed by atoms with Gasteiger partial charge in [0.05, 0.1) is 11.6 Å². The van der Waals surface area contributed by atoms with Crippen LogP contribution >= 0.6 is 11.6 Å². The van der Waals surface area contributed by atoms with Gasteiger partial charge in [0.25, 0.3) is 0 Å². The molecule has 6 nitrogen and oxygen atoms in total. The molecule has 3 rings (SSSR count).